The van der Waals surface area contributed by atoms with Crippen molar-refractivity contribution in [3.8, 4) is 5.88 Å². The Hall–Kier alpha value is -2.58. The summed E-state index contributed by atoms with van der Waals surface area (Å²) in [5.74, 6) is 0.568. The number of hydrogen-bond acceptors (Lipinski definition) is 12. The van der Waals surface area contributed by atoms with Gasteiger partial charge in [-0.2, -0.15) is 4.98 Å². The lowest BCUT2D eigenvalue weighted by molar-refractivity contribution is -0.150. The van der Waals surface area contributed by atoms with Gasteiger partial charge in [-0.05, 0) is 32.8 Å². The lowest BCUT2D eigenvalue weighted by atomic mass is 9.96. The molecular formula is C25H32N5O8PS. The number of imidazole rings is 1. The topological polar surface area (TPSA) is 167 Å². The number of aliphatic hydroxyl groups is 2. The fourth-order valence-corrected chi connectivity index (χ4v) is 8.55. The third-order valence-electron chi connectivity index (χ3n) is 6.94. The van der Waals surface area contributed by atoms with Crippen LogP contribution in [0.2, 0.25) is 0 Å². The molecule has 0 radical (unpaired) electrons. The van der Waals surface area contributed by atoms with E-state index in [1.165, 1.54) is 24.9 Å². The molecule has 216 valence electrons. The van der Waals surface area contributed by atoms with E-state index in [1.807, 2.05) is 30.3 Å². The van der Waals surface area contributed by atoms with Gasteiger partial charge in [0.15, 0.2) is 17.4 Å². The van der Waals surface area contributed by atoms with Gasteiger partial charge in [-0.15, -0.1) is 0 Å². The molecule has 2 aliphatic heterocycles. The molecule has 2 saturated heterocycles. The second kappa shape index (κ2) is 11.4. The number of nitrogens with one attached hydrogen (secondary N) is 1. The van der Waals surface area contributed by atoms with Gasteiger partial charge in [0.05, 0.1) is 20.0 Å². The maximum atomic E-state index is 13.5. The molecule has 4 unspecified atom stereocenters. The fraction of sp³-hybridized carbons (Fsp3) is 0.520. The van der Waals surface area contributed by atoms with Crippen molar-refractivity contribution < 1.29 is 38.3 Å². The Morgan fingerprint density at radius 1 is 1.35 bits per heavy atom. The van der Waals surface area contributed by atoms with Crippen LogP contribution in [0.25, 0.3) is 11.2 Å². The predicted molar refractivity (Wildman–Crippen MR) is 146 cm³/mol. The smallest absolute Gasteiger partial charge is 0.327 e. The summed E-state index contributed by atoms with van der Waals surface area (Å²) in [6, 6.07) is 8.50. The zero-order valence-corrected chi connectivity index (χ0v) is 24.2. The van der Waals surface area contributed by atoms with Gasteiger partial charge in [0.25, 0.3) is 0 Å². The molecule has 2 fully saturated rings. The monoisotopic (exact) mass is 593 g/mol. The number of rotatable bonds is 8. The van der Waals surface area contributed by atoms with Crippen LogP contribution in [-0.4, -0.2) is 79.0 Å². The second-order valence-corrected chi connectivity index (χ2v) is 14.3. The standard InChI is InChI=1S/C25H32N5O8PS/c1-14(16-8-6-5-7-9-16)37-23(32)17-10-11-40-39(34,29-17)36-12-18-20(31)25(3,33)24(38-18)30-13-26-19-21(30)27-15(2)28-22(19)35-4/h5-9,13-14,17-18,20,24,31,33H,10-12H2,1-4H3,(H,29,34)/t14?,17?,18-,20-,24?,25-,39?/m1/s1. The molecule has 1 aromatic carbocycles. The lowest BCUT2D eigenvalue weighted by Crippen LogP contribution is -2.44. The SMILES string of the molecule is COc1nc(C)nc2c1ncn2C1O[C@H](COP2(=O)NC(C(=O)OC(C)c3ccccc3)CCS2)[C@@H](O)[C@@]1(C)O. The van der Waals surface area contributed by atoms with Gasteiger partial charge in [-0.3, -0.25) is 13.9 Å². The molecular weight excluding hydrogens is 561 g/mol. The van der Waals surface area contributed by atoms with Crippen molar-refractivity contribution in [1.29, 1.82) is 0 Å². The molecule has 0 bridgehead atoms. The van der Waals surface area contributed by atoms with Gasteiger partial charge in [-0.25, -0.2) is 15.1 Å². The number of aromatic nitrogens is 4. The molecule has 0 saturated carbocycles. The highest BCUT2D eigenvalue weighted by atomic mass is 32.7. The number of hydrogen-bond donors (Lipinski definition) is 3. The minimum atomic E-state index is -3.56. The molecule has 15 heteroatoms. The largest absolute Gasteiger partial charge is 0.479 e. The number of aliphatic hydroxyl groups excluding tert-OH is 1. The highest BCUT2D eigenvalue weighted by Gasteiger charge is 2.54. The fourth-order valence-electron chi connectivity index (χ4n) is 4.73. The Labute approximate surface area is 234 Å². The van der Waals surface area contributed by atoms with Gasteiger partial charge in [-0.1, -0.05) is 41.7 Å². The zero-order chi connectivity index (χ0) is 28.7. The first-order chi connectivity index (χ1) is 19.0. The van der Waals surface area contributed by atoms with Crippen molar-refractivity contribution in [2.24, 2.45) is 0 Å². The van der Waals surface area contributed by atoms with Crippen LogP contribution in [0.5, 0.6) is 5.88 Å². The zero-order valence-electron chi connectivity index (χ0n) is 22.5. The molecule has 3 N–H and O–H groups in total. The van der Waals surface area contributed by atoms with E-state index in [-0.39, 0.29) is 12.5 Å². The minimum Gasteiger partial charge on any atom is -0.479 e. The molecule has 2 aliphatic rings. The van der Waals surface area contributed by atoms with Crippen LogP contribution in [0.3, 0.4) is 0 Å². The third-order valence-corrected chi connectivity index (χ3v) is 11.0. The number of nitrogens with zero attached hydrogens (tertiary/aromatic N) is 4. The first-order valence-electron chi connectivity index (χ1n) is 12.8. The summed E-state index contributed by atoms with van der Waals surface area (Å²) in [4.78, 5) is 25.7. The van der Waals surface area contributed by atoms with Crippen molar-refractivity contribution >= 4 is 35.2 Å². The van der Waals surface area contributed by atoms with Crippen molar-refractivity contribution in [2.75, 3.05) is 19.5 Å². The summed E-state index contributed by atoms with van der Waals surface area (Å²) < 4.78 is 37.6. The number of aryl methyl sites for hydroxylation is 1. The van der Waals surface area contributed by atoms with Crippen molar-refractivity contribution in [3.05, 3.63) is 48.0 Å². The Balaban J connectivity index is 1.25. The predicted octanol–water partition coefficient (Wildman–Crippen LogP) is 2.68. The summed E-state index contributed by atoms with van der Waals surface area (Å²) in [7, 11) is 1.47. The van der Waals surface area contributed by atoms with Gasteiger partial charge < -0.3 is 28.9 Å². The molecule has 13 nitrogen and oxygen atoms in total. The number of methoxy groups -OCH3 is 1. The van der Waals surface area contributed by atoms with Gasteiger partial charge in [0.2, 0.25) is 5.88 Å². The number of fused-ring (bicyclic) bond motifs is 1. The maximum absolute atomic E-state index is 13.5. The molecule has 40 heavy (non-hydrogen) atoms. The Bertz CT molecular complexity index is 1420. The van der Waals surface area contributed by atoms with Crippen LogP contribution >= 0.6 is 18.1 Å². The van der Waals surface area contributed by atoms with Crippen LogP contribution in [0.15, 0.2) is 36.7 Å². The van der Waals surface area contributed by atoms with E-state index in [0.717, 1.165) is 16.9 Å². The Morgan fingerprint density at radius 3 is 2.83 bits per heavy atom. The van der Waals surface area contributed by atoms with E-state index < -0.39 is 48.9 Å². The summed E-state index contributed by atoms with van der Waals surface area (Å²) in [6.45, 7) is 1.02. The van der Waals surface area contributed by atoms with Crippen molar-refractivity contribution in [2.45, 2.75) is 63.4 Å². The molecule has 4 heterocycles. The molecule has 0 amide bonds. The minimum absolute atomic E-state index is 0.268. The molecule has 0 spiro atoms. The highest BCUT2D eigenvalue weighted by Crippen LogP contribution is 2.59. The van der Waals surface area contributed by atoms with E-state index in [0.29, 0.717) is 29.2 Å². The van der Waals surface area contributed by atoms with Crippen LogP contribution in [0.4, 0.5) is 0 Å². The maximum Gasteiger partial charge on any atom is 0.327 e. The number of carbonyl (C=O) groups is 1. The number of ether oxygens (including phenoxy) is 3. The number of carbonyl (C=O) groups excluding carboxylic acids is 1. The van der Waals surface area contributed by atoms with Gasteiger partial charge in [0.1, 0.15) is 35.8 Å². The Morgan fingerprint density at radius 2 is 2.10 bits per heavy atom. The summed E-state index contributed by atoms with van der Waals surface area (Å²) in [5.41, 5.74) is -0.199. The van der Waals surface area contributed by atoms with Crippen LogP contribution < -0.4 is 9.82 Å². The average molecular weight is 594 g/mol. The molecule has 3 aromatic rings. The second-order valence-electron chi connectivity index (χ2n) is 9.89. The molecule has 2 aromatic heterocycles. The Kier molecular flexibility index (Phi) is 8.22. The van der Waals surface area contributed by atoms with E-state index in [1.54, 1.807) is 13.8 Å². The first kappa shape index (κ1) is 28.9. The lowest BCUT2D eigenvalue weighted by Gasteiger charge is -2.30. The normalized spacial score (nSPS) is 31.2. The quantitative estimate of drug-likeness (QED) is 0.258. The highest BCUT2D eigenvalue weighted by molar-refractivity contribution is 8.56. The molecule has 5 rings (SSSR count). The van der Waals surface area contributed by atoms with Crippen LogP contribution in [0, 0.1) is 6.92 Å². The van der Waals surface area contributed by atoms with Crippen LogP contribution in [-0.2, 0) is 23.4 Å². The van der Waals surface area contributed by atoms with E-state index in [4.69, 9.17) is 18.7 Å². The first-order valence-corrected chi connectivity index (χ1v) is 16.0. The van der Waals surface area contributed by atoms with E-state index in [9.17, 15) is 19.6 Å². The molecule has 7 atom stereocenters. The van der Waals surface area contributed by atoms with E-state index in [2.05, 4.69) is 20.0 Å². The summed E-state index contributed by atoms with van der Waals surface area (Å²) >= 11 is 1.06. The summed E-state index contributed by atoms with van der Waals surface area (Å²) in [6.07, 6.45) is -2.16. The van der Waals surface area contributed by atoms with Crippen LogP contribution in [0.1, 0.15) is 44.0 Å². The van der Waals surface area contributed by atoms with Gasteiger partial charge in [0, 0.05) is 5.75 Å². The van der Waals surface area contributed by atoms with Crippen molar-refractivity contribution in [3.63, 3.8) is 0 Å². The average Bonchev–Trinajstić information content (AvgIpc) is 3.45. The molecule has 0 aliphatic carbocycles. The van der Waals surface area contributed by atoms with Gasteiger partial charge >= 0.3 is 12.7 Å². The third kappa shape index (κ3) is 5.62. The van der Waals surface area contributed by atoms with E-state index >= 15 is 0 Å². The van der Waals surface area contributed by atoms with Crippen molar-refractivity contribution in [1.82, 2.24) is 24.6 Å². The number of esters is 1. The summed E-state index contributed by atoms with van der Waals surface area (Å²) in [5, 5.41) is 25.0. The number of benzene rings is 1.